The standard InChI is InChI=1S/C20H27N5OS/c1-13-8-14(2)10-17(9-13)24-20-23-11-16(6-5-7-21)18(25-20)12-27-15(3)19(26)22-4/h8-11H,3,5-7,12,21H2,1-2,4H3,(H,22,26)(H,23,24,25). The van der Waals surface area contributed by atoms with E-state index in [-0.39, 0.29) is 5.91 Å². The van der Waals surface area contributed by atoms with E-state index in [1.807, 2.05) is 6.20 Å². The second-order valence-corrected chi connectivity index (χ2v) is 7.42. The van der Waals surface area contributed by atoms with Gasteiger partial charge in [-0.2, -0.15) is 0 Å². The lowest BCUT2D eigenvalue weighted by molar-refractivity contribution is -0.116. The molecule has 2 rings (SSSR count). The summed E-state index contributed by atoms with van der Waals surface area (Å²) in [6.07, 6.45) is 3.51. The number of nitrogens with zero attached hydrogens (tertiary/aromatic N) is 2. The summed E-state index contributed by atoms with van der Waals surface area (Å²) < 4.78 is 0. The van der Waals surface area contributed by atoms with Crippen LogP contribution in [0.1, 0.15) is 28.8 Å². The maximum absolute atomic E-state index is 11.7. The van der Waals surface area contributed by atoms with Crippen LogP contribution in [0.4, 0.5) is 11.6 Å². The SMILES string of the molecule is C=C(SCc1nc(Nc2cc(C)cc(C)c2)ncc1CCCN)C(=O)NC. The Morgan fingerprint density at radius 2 is 1.96 bits per heavy atom. The van der Waals surface area contributed by atoms with Gasteiger partial charge in [0.1, 0.15) is 0 Å². The Labute approximate surface area is 165 Å². The number of likely N-dealkylation sites (N-methyl/N-ethyl adjacent to an activating group) is 1. The Bertz CT molecular complexity index is 802. The van der Waals surface area contributed by atoms with E-state index < -0.39 is 0 Å². The molecule has 4 N–H and O–H groups in total. The number of benzene rings is 1. The average Bonchev–Trinajstić information content (AvgIpc) is 2.63. The summed E-state index contributed by atoms with van der Waals surface area (Å²) in [5.41, 5.74) is 10.9. The number of rotatable bonds is 9. The molecule has 27 heavy (non-hydrogen) atoms. The highest BCUT2D eigenvalue weighted by Gasteiger charge is 2.11. The number of nitrogens with two attached hydrogens (primary N) is 1. The molecule has 2 aromatic rings. The summed E-state index contributed by atoms with van der Waals surface area (Å²) >= 11 is 1.37. The van der Waals surface area contributed by atoms with Crippen LogP contribution in [0.5, 0.6) is 0 Å². The molecule has 0 fully saturated rings. The van der Waals surface area contributed by atoms with E-state index in [1.54, 1.807) is 7.05 Å². The second-order valence-electron chi connectivity index (χ2n) is 6.35. The number of aromatic nitrogens is 2. The van der Waals surface area contributed by atoms with E-state index in [4.69, 9.17) is 5.73 Å². The van der Waals surface area contributed by atoms with Crippen molar-refractivity contribution in [1.29, 1.82) is 0 Å². The molecule has 0 aliphatic carbocycles. The lowest BCUT2D eigenvalue weighted by atomic mass is 10.1. The number of anilines is 2. The summed E-state index contributed by atoms with van der Waals surface area (Å²) in [6.45, 7) is 8.54. The second kappa shape index (κ2) is 10.1. The van der Waals surface area contributed by atoms with Gasteiger partial charge in [0.15, 0.2) is 0 Å². The van der Waals surface area contributed by atoms with Crippen molar-refractivity contribution in [3.8, 4) is 0 Å². The number of thioether (sulfide) groups is 1. The van der Waals surface area contributed by atoms with Crippen molar-refractivity contribution >= 4 is 29.3 Å². The summed E-state index contributed by atoms with van der Waals surface area (Å²) in [5, 5.41) is 5.86. The number of hydrogen-bond acceptors (Lipinski definition) is 6. The Morgan fingerprint density at radius 1 is 1.26 bits per heavy atom. The first-order valence-electron chi connectivity index (χ1n) is 8.87. The van der Waals surface area contributed by atoms with Gasteiger partial charge < -0.3 is 16.4 Å². The largest absolute Gasteiger partial charge is 0.355 e. The Hall–Kier alpha value is -2.38. The van der Waals surface area contributed by atoms with Gasteiger partial charge >= 0.3 is 0 Å². The maximum atomic E-state index is 11.7. The van der Waals surface area contributed by atoms with Gasteiger partial charge in [-0.05, 0) is 62.1 Å². The van der Waals surface area contributed by atoms with E-state index in [2.05, 4.69) is 59.2 Å². The van der Waals surface area contributed by atoms with Gasteiger partial charge in [-0.25, -0.2) is 9.97 Å². The highest BCUT2D eigenvalue weighted by Crippen LogP contribution is 2.24. The molecule has 0 aliphatic heterocycles. The van der Waals surface area contributed by atoms with E-state index >= 15 is 0 Å². The van der Waals surface area contributed by atoms with Crippen molar-refractivity contribution in [3.63, 3.8) is 0 Å². The third kappa shape index (κ3) is 6.37. The van der Waals surface area contributed by atoms with E-state index in [1.165, 1.54) is 22.9 Å². The third-order valence-corrected chi connectivity index (χ3v) is 4.90. The van der Waals surface area contributed by atoms with Crippen LogP contribution in [0.25, 0.3) is 0 Å². The van der Waals surface area contributed by atoms with Gasteiger partial charge in [0.25, 0.3) is 5.91 Å². The van der Waals surface area contributed by atoms with E-state index in [0.29, 0.717) is 23.2 Å². The zero-order chi connectivity index (χ0) is 19.8. The first kappa shape index (κ1) is 20.9. The number of hydrogen-bond donors (Lipinski definition) is 3. The van der Waals surface area contributed by atoms with Gasteiger partial charge in [0, 0.05) is 24.7 Å². The summed E-state index contributed by atoms with van der Waals surface area (Å²) in [6, 6.07) is 6.23. The van der Waals surface area contributed by atoms with Crippen molar-refractivity contribution < 1.29 is 4.79 Å². The molecule has 0 aliphatic rings. The van der Waals surface area contributed by atoms with Crippen LogP contribution in [0.2, 0.25) is 0 Å². The number of carbonyl (C=O) groups excluding carboxylic acids is 1. The maximum Gasteiger partial charge on any atom is 0.256 e. The van der Waals surface area contributed by atoms with Crippen molar-refractivity contribution in [2.24, 2.45) is 5.73 Å². The highest BCUT2D eigenvalue weighted by molar-refractivity contribution is 8.03. The minimum absolute atomic E-state index is 0.175. The zero-order valence-electron chi connectivity index (χ0n) is 16.1. The van der Waals surface area contributed by atoms with Crippen molar-refractivity contribution in [1.82, 2.24) is 15.3 Å². The zero-order valence-corrected chi connectivity index (χ0v) is 16.9. The molecular formula is C20H27N5OS. The van der Waals surface area contributed by atoms with Crippen LogP contribution in [0.3, 0.4) is 0 Å². The van der Waals surface area contributed by atoms with Crippen LogP contribution in [0, 0.1) is 13.8 Å². The smallest absolute Gasteiger partial charge is 0.256 e. The van der Waals surface area contributed by atoms with Crippen LogP contribution < -0.4 is 16.4 Å². The van der Waals surface area contributed by atoms with E-state index in [0.717, 1.165) is 29.8 Å². The van der Waals surface area contributed by atoms with Crippen LogP contribution in [0.15, 0.2) is 35.9 Å². The molecule has 0 atom stereocenters. The molecule has 7 heteroatoms. The van der Waals surface area contributed by atoms with Gasteiger partial charge in [-0.15, -0.1) is 11.8 Å². The van der Waals surface area contributed by atoms with Gasteiger partial charge in [0.05, 0.1) is 10.6 Å². The topological polar surface area (TPSA) is 92.9 Å². The molecular weight excluding hydrogens is 358 g/mol. The number of carbonyl (C=O) groups is 1. The summed E-state index contributed by atoms with van der Waals surface area (Å²) in [7, 11) is 1.59. The minimum atomic E-state index is -0.175. The van der Waals surface area contributed by atoms with Crippen molar-refractivity contribution in [2.45, 2.75) is 32.4 Å². The number of aryl methyl sites for hydroxylation is 3. The molecule has 0 unspecified atom stereocenters. The van der Waals surface area contributed by atoms with Gasteiger partial charge in [-0.3, -0.25) is 4.79 Å². The average molecular weight is 386 g/mol. The van der Waals surface area contributed by atoms with Crippen LogP contribution in [-0.4, -0.2) is 29.5 Å². The molecule has 0 saturated carbocycles. The highest BCUT2D eigenvalue weighted by atomic mass is 32.2. The lowest BCUT2D eigenvalue weighted by Crippen LogP contribution is -2.18. The molecule has 6 nitrogen and oxygen atoms in total. The van der Waals surface area contributed by atoms with Crippen molar-refractivity contribution in [2.75, 3.05) is 18.9 Å². The first-order valence-corrected chi connectivity index (χ1v) is 9.85. The molecule has 144 valence electrons. The van der Waals surface area contributed by atoms with Gasteiger partial charge in [-0.1, -0.05) is 12.6 Å². The molecule has 0 bridgehead atoms. The molecule has 0 saturated heterocycles. The fourth-order valence-corrected chi connectivity index (χ4v) is 3.46. The van der Waals surface area contributed by atoms with Crippen molar-refractivity contribution in [3.05, 3.63) is 58.3 Å². The van der Waals surface area contributed by atoms with Crippen LogP contribution in [-0.2, 0) is 17.0 Å². The van der Waals surface area contributed by atoms with E-state index in [9.17, 15) is 4.79 Å². The summed E-state index contributed by atoms with van der Waals surface area (Å²) in [5.74, 6) is 0.916. The summed E-state index contributed by atoms with van der Waals surface area (Å²) in [4.78, 5) is 21.3. The molecule has 0 radical (unpaired) electrons. The molecule has 1 amide bonds. The van der Waals surface area contributed by atoms with Gasteiger partial charge in [0.2, 0.25) is 5.95 Å². The predicted octanol–water partition coefficient (Wildman–Crippen LogP) is 3.22. The van der Waals surface area contributed by atoms with Crippen LogP contribution >= 0.6 is 11.8 Å². The predicted molar refractivity (Wildman–Crippen MR) is 113 cm³/mol. The fraction of sp³-hybridized carbons (Fsp3) is 0.350. The Balaban J connectivity index is 2.21. The fourth-order valence-electron chi connectivity index (χ4n) is 2.67. The molecule has 1 aromatic heterocycles. The normalized spacial score (nSPS) is 10.5. The monoisotopic (exact) mass is 385 g/mol. The molecule has 1 aromatic carbocycles. The molecule has 1 heterocycles. The quantitative estimate of drug-likeness (QED) is 0.574. The Morgan fingerprint density at radius 3 is 2.59 bits per heavy atom. The third-order valence-electron chi connectivity index (χ3n) is 3.95. The Kier molecular flexibility index (Phi) is 7.82. The number of amides is 1. The lowest BCUT2D eigenvalue weighted by Gasteiger charge is -2.12. The molecule has 0 spiro atoms. The minimum Gasteiger partial charge on any atom is -0.355 e. The number of nitrogens with one attached hydrogen (secondary N) is 2. The first-order chi connectivity index (χ1) is 12.9.